The molecule has 0 spiro atoms. The van der Waals surface area contributed by atoms with E-state index in [1.807, 2.05) is 42.2 Å². The minimum atomic E-state index is -0.513. The Hall–Kier alpha value is -2.68. The van der Waals surface area contributed by atoms with Gasteiger partial charge in [0.1, 0.15) is 0 Å². The number of amides is 1. The largest absolute Gasteiger partial charge is 0.375 e. The molecule has 0 heterocycles. The molecule has 0 radical (unpaired) electrons. The van der Waals surface area contributed by atoms with Crippen molar-refractivity contribution in [1.29, 1.82) is 5.26 Å². The summed E-state index contributed by atoms with van der Waals surface area (Å²) in [5.41, 5.74) is 9.24. The zero-order valence-corrected chi connectivity index (χ0v) is 21.7. The maximum Gasteiger partial charge on any atom is 0.253 e. The first-order valence-corrected chi connectivity index (χ1v) is 13.1. The van der Waals surface area contributed by atoms with E-state index in [1.54, 1.807) is 0 Å². The standard InChI is InChI=1S/C30H41N3O2/c1-4-15-33(16-5-2)28(34)26-17-25(18-27(19-26)30(22-31)13-9-10-14-30)21-35-23-29(3,32)20-24-11-7-6-8-12-24/h6-8,11-12,17-19H,4-5,9-10,13-16,20-21,23,32H2,1-3H3. The van der Waals surface area contributed by atoms with E-state index in [-0.39, 0.29) is 5.91 Å². The first-order chi connectivity index (χ1) is 16.8. The fourth-order valence-electron chi connectivity index (χ4n) is 5.17. The molecular formula is C30H41N3O2. The lowest BCUT2D eigenvalue weighted by atomic mass is 9.79. The minimum absolute atomic E-state index is 0.0376. The van der Waals surface area contributed by atoms with Gasteiger partial charge in [0.2, 0.25) is 0 Å². The van der Waals surface area contributed by atoms with Crippen molar-refractivity contribution in [2.24, 2.45) is 5.73 Å². The molecule has 1 aliphatic rings. The lowest BCUT2D eigenvalue weighted by Gasteiger charge is -2.26. The van der Waals surface area contributed by atoms with Crippen LogP contribution in [0.3, 0.4) is 0 Å². The third-order valence-corrected chi connectivity index (χ3v) is 6.89. The molecule has 5 heteroatoms. The van der Waals surface area contributed by atoms with Gasteiger partial charge in [0, 0.05) is 24.2 Å². The highest BCUT2D eigenvalue weighted by Crippen LogP contribution is 2.41. The van der Waals surface area contributed by atoms with Gasteiger partial charge in [-0.25, -0.2) is 0 Å². The number of nitrogens with zero attached hydrogens (tertiary/aromatic N) is 2. The highest BCUT2D eigenvalue weighted by molar-refractivity contribution is 5.94. The molecule has 1 atom stereocenters. The summed E-state index contributed by atoms with van der Waals surface area (Å²) >= 11 is 0. The van der Waals surface area contributed by atoms with E-state index in [1.165, 1.54) is 5.56 Å². The molecule has 35 heavy (non-hydrogen) atoms. The second kappa shape index (κ2) is 12.3. The lowest BCUT2D eigenvalue weighted by molar-refractivity contribution is 0.0748. The molecular weight excluding hydrogens is 434 g/mol. The molecule has 1 amide bonds. The summed E-state index contributed by atoms with van der Waals surface area (Å²) in [6.45, 7) is 8.41. The second-order valence-corrected chi connectivity index (χ2v) is 10.4. The van der Waals surface area contributed by atoms with Gasteiger partial charge >= 0.3 is 0 Å². The van der Waals surface area contributed by atoms with E-state index in [0.29, 0.717) is 18.8 Å². The van der Waals surface area contributed by atoms with Crippen LogP contribution in [-0.4, -0.2) is 36.0 Å². The zero-order chi connectivity index (χ0) is 25.3. The Bertz CT molecular complexity index is 998. The summed E-state index contributed by atoms with van der Waals surface area (Å²) in [6.07, 6.45) is 6.32. The smallest absolute Gasteiger partial charge is 0.253 e. The second-order valence-electron chi connectivity index (χ2n) is 10.4. The molecule has 5 nitrogen and oxygen atoms in total. The van der Waals surface area contributed by atoms with E-state index < -0.39 is 11.0 Å². The number of benzene rings is 2. The number of nitrogens with two attached hydrogens (primary N) is 1. The molecule has 0 aliphatic heterocycles. The molecule has 2 aromatic rings. The third kappa shape index (κ3) is 7.16. The van der Waals surface area contributed by atoms with Crippen molar-refractivity contribution in [3.63, 3.8) is 0 Å². The van der Waals surface area contributed by atoms with Crippen molar-refractivity contribution in [3.05, 3.63) is 70.8 Å². The van der Waals surface area contributed by atoms with Crippen molar-refractivity contribution < 1.29 is 9.53 Å². The Morgan fingerprint density at radius 2 is 1.74 bits per heavy atom. The van der Waals surface area contributed by atoms with Gasteiger partial charge in [0.05, 0.1) is 24.7 Å². The van der Waals surface area contributed by atoms with E-state index in [0.717, 1.165) is 69.2 Å². The van der Waals surface area contributed by atoms with Gasteiger partial charge < -0.3 is 15.4 Å². The molecule has 0 aromatic heterocycles. The topological polar surface area (TPSA) is 79.3 Å². The molecule has 3 rings (SSSR count). The van der Waals surface area contributed by atoms with Crippen LogP contribution in [0, 0.1) is 11.3 Å². The maximum atomic E-state index is 13.5. The normalized spacial score (nSPS) is 16.4. The first kappa shape index (κ1) is 26.9. The Balaban J connectivity index is 1.81. The van der Waals surface area contributed by atoms with E-state index in [4.69, 9.17) is 10.5 Å². The summed E-state index contributed by atoms with van der Waals surface area (Å²) < 4.78 is 6.10. The number of rotatable bonds is 12. The number of ether oxygens (including phenoxy) is 1. The average Bonchev–Trinajstić information content (AvgIpc) is 3.34. The van der Waals surface area contributed by atoms with E-state index >= 15 is 0 Å². The van der Waals surface area contributed by atoms with Crippen LogP contribution in [0.15, 0.2) is 48.5 Å². The number of carbonyl (C=O) groups excluding carboxylic acids is 1. The van der Waals surface area contributed by atoms with Gasteiger partial charge in [-0.05, 0) is 67.9 Å². The summed E-state index contributed by atoms with van der Waals surface area (Å²) in [6, 6.07) is 18.7. The van der Waals surface area contributed by atoms with Crippen LogP contribution in [0.1, 0.15) is 86.3 Å². The van der Waals surface area contributed by atoms with Gasteiger partial charge in [-0.3, -0.25) is 4.79 Å². The lowest BCUT2D eigenvalue weighted by Crippen LogP contribution is -2.43. The fourth-order valence-corrected chi connectivity index (χ4v) is 5.17. The summed E-state index contributed by atoms with van der Waals surface area (Å²) in [5.74, 6) is 0.0376. The summed E-state index contributed by atoms with van der Waals surface area (Å²) in [4.78, 5) is 15.4. The molecule has 2 N–H and O–H groups in total. The van der Waals surface area contributed by atoms with Gasteiger partial charge in [-0.1, -0.05) is 63.1 Å². The van der Waals surface area contributed by atoms with Crippen LogP contribution in [0.5, 0.6) is 0 Å². The van der Waals surface area contributed by atoms with Crippen LogP contribution >= 0.6 is 0 Å². The highest BCUT2D eigenvalue weighted by atomic mass is 16.5. The van der Waals surface area contributed by atoms with Gasteiger partial charge in [-0.2, -0.15) is 5.26 Å². The Morgan fingerprint density at radius 3 is 2.34 bits per heavy atom. The predicted octanol–water partition coefficient (Wildman–Crippen LogP) is 5.76. The summed E-state index contributed by atoms with van der Waals surface area (Å²) in [5, 5.41) is 10.1. The molecule has 0 saturated heterocycles. The van der Waals surface area contributed by atoms with Gasteiger partial charge in [0.15, 0.2) is 0 Å². The van der Waals surface area contributed by atoms with Crippen LogP contribution in [-0.2, 0) is 23.2 Å². The van der Waals surface area contributed by atoms with Crippen molar-refractivity contribution in [3.8, 4) is 6.07 Å². The number of carbonyl (C=O) groups is 1. The number of hydrogen-bond donors (Lipinski definition) is 1. The molecule has 0 bridgehead atoms. The molecule has 1 aliphatic carbocycles. The monoisotopic (exact) mass is 475 g/mol. The van der Waals surface area contributed by atoms with Crippen molar-refractivity contribution >= 4 is 5.91 Å². The molecule has 1 fully saturated rings. The average molecular weight is 476 g/mol. The fraction of sp³-hybridized carbons (Fsp3) is 0.533. The van der Waals surface area contributed by atoms with Gasteiger partial charge in [0.25, 0.3) is 5.91 Å². The Labute approximate surface area is 211 Å². The molecule has 2 aromatic carbocycles. The van der Waals surface area contributed by atoms with Crippen LogP contribution in [0.4, 0.5) is 0 Å². The van der Waals surface area contributed by atoms with Crippen molar-refractivity contribution in [2.75, 3.05) is 19.7 Å². The molecule has 1 unspecified atom stereocenters. The van der Waals surface area contributed by atoms with Crippen LogP contribution in [0.2, 0.25) is 0 Å². The van der Waals surface area contributed by atoms with E-state index in [2.05, 4.69) is 38.1 Å². The quantitative estimate of drug-likeness (QED) is 0.423. The van der Waals surface area contributed by atoms with Crippen molar-refractivity contribution in [2.45, 2.75) is 83.3 Å². The molecule has 1 saturated carbocycles. The Kier molecular flexibility index (Phi) is 9.48. The first-order valence-electron chi connectivity index (χ1n) is 13.1. The number of hydrogen-bond acceptors (Lipinski definition) is 4. The van der Waals surface area contributed by atoms with E-state index in [9.17, 15) is 10.1 Å². The predicted molar refractivity (Wildman–Crippen MR) is 141 cm³/mol. The van der Waals surface area contributed by atoms with Crippen LogP contribution in [0.25, 0.3) is 0 Å². The minimum Gasteiger partial charge on any atom is -0.375 e. The highest BCUT2D eigenvalue weighted by Gasteiger charge is 2.36. The molecule has 188 valence electrons. The summed E-state index contributed by atoms with van der Waals surface area (Å²) in [7, 11) is 0. The van der Waals surface area contributed by atoms with Crippen molar-refractivity contribution in [1.82, 2.24) is 4.90 Å². The Morgan fingerprint density at radius 1 is 1.09 bits per heavy atom. The zero-order valence-electron chi connectivity index (χ0n) is 21.7. The van der Waals surface area contributed by atoms with Gasteiger partial charge in [-0.15, -0.1) is 0 Å². The van der Waals surface area contributed by atoms with Crippen LogP contribution < -0.4 is 5.73 Å². The SMILES string of the molecule is CCCN(CCC)C(=O)c1cc(COCC(C)(N)Cc2ccccc2)cc(C2(C#N)CCCC2)c1. The number of nitriles is 1. The maximum absolute atomic E-state index is 13.5. The third-order valence-electron chi connectivity index (χ3n) is 6.89.